The van der Waals surface area contributed by atoms with Gasteiger partial charge in [0.15, 0.2) is 0 Å². The third-order valence-corrected chi connectivity index (χ3v) is 5.42. The van der Waals surface area contributed by atoms with Gasteiger partial charge in [-0.15, -0.1) is 0 Å². The molecule has 1 aliphatic rings. The van der Waals surface area contributed by atoms with Crippen molar-refractivity contribution in [2.24, 2.45) is 0 Å². The van der Waals surface area contributed by atoms with Crippen LogP contribution in [0.5, 0.6) is 5.75 Å². The molecular formula is C26H22FNO4. The fourth-order valence-electron chi connectivity index (χ4n) is 3.87. The molecule has 3 aromatic rings. The summed E-state index contributed by atoms with van der Waals surface area (Å²) in [5.74, 6) is -1.66. The average molecular weight is 431 g/mol. The monoisotopic (exact) mass is 431 g/mol. The zero-order valence-electron chi connectivity index (χ0n) is 17.7. The van der Waals surface area contributed by atoms with Crippen LogP contribution >= 0.6 is 0 Å². The Morgan fingerprint density at radius 1 is 1.03 bits per heavy atom. The van der Waals surface area contributed by atoms with Gasteiger partial charge < -0.3 is 9.84 Å². The Labute approximate surface area is 185 Å². The van der Waals surface area contributed by atoms with Crippen LogP contribution in [-0.4, -0.2) is 23.4 Å². The molecule has 0 saturated carbocycles. The molecule has 1 unspecified atom stereocenters. The Balaban J connectivity index is 1.88. The van der Waals surface area contributed by atoms with Gasteiger partial charge in [0, 0.05) is 11.3 Å². The SMILES string of the molecule is CCOc1ccc(N2C(=O)C(=O)/C(=C(\O)c3ccc(F)c(C)c3)C2c2ccccc2)cc1. The number of ether oxygens (including phenoxy) is 1. The van der Waals surface area contributed by atoms with Gasteiger partial charge in [-0.25, -0.2) is 4.39 Å². The van der Waals surface area contributed by atoms with Crippen LogP contribution in [0.25, 0.3) is 5.76 Å². The smallest absolute Gasteiger partial charge is 0.300 e. The van der Waals surface area contributed by atoms with E-state index in [9.17, 15) is 19.1 Å². The number of aliphatic hydroxyl groups excluding tert-OH is 1. The number of aryl methyl sites for hydroxylation is 1. The predicted molar refractivity (Wildman–Crippen MR) is 120 cm³/mol. The third-order valence-electron chi connectivity index (χ3n) is 5.42. The molecule has 1 heterocycles. The number of anilines is 1. The Morgan fingerprint density at radius 2 is 1.72 bits per heavy atom. The van der Waals surface area contributed by atoms with Crippen LogP contribution in [-0.2, 0) is 9.59 Å². The van der Waals surface area contributed by atoms with E-state index in [4.69, 9.17) is 4.74 Å². The Hall–Kier alpha value is -3.93. The molecule has 1 N–H and O–H groups in total. The maximum atomic E-state index is 13.8. The summed E-state index contributed by atoms with van der Waals surface area (Å²) in [7, 11) is 0. The second-order valence-corrected chi connectivity index (χ2v) is 7.47. The van der Waals surface area contributed by atoms with E-state index in [2.05, 4.69) is 0 Å². The number of nitrogens with zero attached hydrogens (tertiary/aromatic N) is 1. The lowest BCUT2D eigenvalue weighted by Gasteiger charge is -2.25. The molecule has 6 heteroatoms. The quantitative estimate of drug-likeness (QED) is 0.344. The van der Waals surface area contributed by atoms with Crippen molar-refractivity contribution in [2.45, 2.75) is 19.9 Å². The third kappa shape index (κ3) is 3.75. The largest absolute Gasteiger partial charge is 0.507 e. The molecule has 0 aliphatic carbocycles. The predicted octanol–water partition coefficient (Wildman–Crippen LogP) is 5.16. The van der Waals surface area contributed by atoms with Crippen LogP contribution in [0.15, 0.2) is 78.4 Å². The first-order valence-electron chi connectivity index (χ1n) is 10.3. The molecule has 162 valence electrons. The van der Waals surface area contributed by atoms with Gasteiger partial charge in [-0.2, -0.15) is 0 Å². The Bertz CT molecular complexity index is 1200. The van der Waals surface area contributed by atoms with Crippen molar-refractivity contribution >= 4 is 23.1 Å². The molecule has 0 bridgehead atoms. The van der Waals surface area contributed by atoms with E-state index in [1.807, 2.05) is 13.0 Å². The van der Waals surface area contributed by atoms with Crippen LogP contribution < -0.4 is 9.64 Å². The molecule has 3 aromatic carbocycles. The highest BCUT2D eigenvalue weighted by Gasteiger charge is 2.46. The standard InChI is InChI=1S/C26H22FNO4/c1-3-32-20-12-10-19(11-13-20)28-23(17-7-5-4-6-8-17)22(25(30)26(28)31)24(29)18-9-14-21(27)16(2)15-18/h4-15,23,29H,3H2,1-2H3/b24-22-. The van der Waals surface area contributed by atoms with E-state index in [-0.39, 0.29) is 16.9 Å². The first-order chi connectivity index (χ1) is 15.4. The molecule has 32 heavy (non-hydrogen) atoms. The van der Waals surface area contributed by atoms with Crippen molar-refractivity contribution in [3.05, 3.63) is 101 Å². The minimum atomic E-state index is -0.834. The van der Waals surface area contributed by atoms with Crippen LogP contribution in [0.1, 0.15) is 29.7 Å². The molecule has 0 radical (unpaired) electrons. The fourth-order valence-corrected chi connectivity index (χ4v) is 3.87. The van der Waals surface area contributed by atoms with Gasteiger partial charge in [-0.05, 0) is 67.4 Å². The summed E-state index contributed by atoms with van der Waals surface area (Å²) in [6.45, 7) is 3.95. The van der Waals surface area contributed by atoms with Gasteiger partial charge in [-0.1, -0.05) is 30.3 Å². The number of hydrogen-bond acceptors (Lipinski definition) is 4. The maximum absolute atomic E-state index is 13.8. The molecule has 4 rings (SSSR count). The highest BCUT2D eigenvalue weighted by Crippen LogP contribution is 2.42. The topological polar surface area (TPSA) is 66.8 Å². The second-order valence-electron chi connectivity index (χ2n) is 7.47. The number of Topliss-reactive ketones (excluding diaryl/α,β-unsaturated/α-hetero) is 1. The van der Waals surface area contributed by atoms with Crippen LogP contribution in [0.4, 0.5) is 10.1 Å². The highest BCUT2D eigenvalue weighted by molar-refractivity contribution is 6.51. The highest BCUT2D eigenvalue weighted by atomic mass is 19.1. The van der Waals surface area contributed by atoms with E-state index >= 15 is 0 Å². The number of amides is 1. The number of hydrogen-bond donors (Lipinski definition) is 1. The van der Waals surface area contributed by atoms with Gasteiger partial charge in [0.05, 0.1) is 18.2 Å². The van der Waals surface area contributed by atoms with E-state index in [1.54, 1.807) is 55.5 Å². The molecular weight excluding hydrogens is 409 g/mol. The molecule has 1 fully saturated rings. The molecule has 1 atom stereocenters. The summed E-state index contributed by atoms with van der Waals surface area (Å²) >= 11 is 0. The van der Waals surface area contributed by atoms with Crippen molar-refractivity contribution < 1.29 is 23.8 Å². The lowest BCUT2D eigenvalue weighted by molar-refractivity contribution is -0.132. The Morgan fingerprint density at radius 3 is 2.34 bits per heavy atom. The van der Waals surface area contributed by atoms with E-state index in [1.165, 1.54) is 23.1 Å². The summed E-state index contributed by atoms with van der Waals surface area (Å²) in [6.07, 6.45) is 0. The second kappa shape index (κ2) is 8.67. The van der Waals surface area contributed by atoms with E-state index in [0.29, 0.717) is 29.2 Å². The molecule has 1 saturated heterocycles. The summed E-state index contributed by atoms with van der Waals surface area (Å²) in [4.78, 5) is 27.6. The summed E-state index contributed by atoms with van der Waals surface area (Å²) in [5.41, 5.74) is 1.72. The minimum Gasteiger partial charge on any atom is -0.507 e. The zero-order chi connectivity index (χ0) is 22.8. The van der Waals surface area contributed by atoms with Gasteiger partial charge in [-0.3, -0.25) is 14.5 Å². The van der Waals surface area contributed by atoms with Gasteiger partial charge in [0.1, 0.15) is 17.3 Å². The number of carbonyl (C=O) groups excluding carboxylic acids is 2. The number of halogens is 1. The first-order valence-corrected chi connectivity index (χ1v) is 10.3. The Kier molecular flexibility index (Phi) is 5.77. The van der Waals surface area contributed by atoms with Crippen molar-refractivity contribution in [3.63, 3.8) is 0 Å². The van der Waals surface area contributed by atoms with Gasteiger partial charge in [0.2, 0.25) is 0 Å². The lowest BCUT2D eigenvalue weighted by atomic mass is 9.94. The summed E-state index contributed by atoms with van der Waals surface area (Å²) in [5, 5.41) is 11.1. The minimum absolute atomic E-state index is 0.0407. The number of carbonyl (C=O) groups is 2. The van der Waals surface area contributed by atoms with Crippen molar-refractivity contribution in [1.82, 2.24) is 0 Å². The fraction of sp³-hybridized carbons (Fsp3) is 0.154. The maximum Gasteiger partial charge on any atom is 0.300 e. The average Bonchev–Trinajstić information content (AvgIpc) is 3.07. The van der Waals surface area contributed by atoms with Crippen LogP contribution in [0.2, 0.25) is 0 Å². The molecule has 0 spiro atoms. The molecule has 1 aliphatic heterocycles. The number of ketones is 1. The van der Waals surface area contributed by atoms with E-state index in [0.717, 1.165) is 0 Å². The molecule has 5 nitrogen and oxygen atoms in total. The molecule has 0 aromatic heterocycles. The van der Waals surface area contributed by atoms with Gasteiger partial charge >= 0.3 is 0 Å². The molecule has 1 amide bonds. The van der Waals surface area contributed by atoms with E-state index < -0.39 is 23.5 Å². The zero-order valence-corrected chi connectivity index (χ0v) is 17.7. The van der Waals surface area contributed by atoms with Crippen LogP contribution in [0, 0.1) is 12.7 Å². The first kappa shape index (κ1) is 21.3. The van der Waals surface area contributed by atoms with Crippen LogP contribution in [0.3, 0.4) is 0 Å². The van der Waals surface area contributed by atoms with Crippen molar-refractivity contribution in [2.75, 3.05) is 11.5 Å². The number of rotatable bonds is 5. The normalized spacial score (nSPS) is 17.6. The number of aliphatic hydroxyl groups is 1. The lowest BCUT2D eigenvalue weighted by Crippen LogP contribution is -2.29. The number of benzene rings is 3. The summed E-state index contributed by atoms with van der Waals surface area (Å²) < 4.78 is 19.2. The summed E-state index contributed by atoms with van der Waals surface area (Å²) in [6, 6.07) is 19.1. The van der Waals surface area contributed by atoms with Crippen molar-refractivity contribution in [3.8, 4) is 5.75 Å². The van der Waals surface area contributed by atoms with Crippen molar-refractivity contribution in [1.29, 1.82) is 0 Å². The van der Waals surface area contributed by atoms with Gasteiger partial charge in [0.25, 0.3) is 11.7 Å².